The van der Waals surface area contributed by atoms with E-state index < -0.39 is 0 Å². The van der Waals surface area contributed by atoms with Crippen LogP contribution in [0.3, 0.4) is 0 Å². The van der Waals surface area contributed by atoms with Crippen molar-refractivity contribution in [2.45, 2.75) is 38.9 Å². The minimum Gasteiger partial charge on any atom is -0.314 e. The van der Waals surface area contributed by atoms with Crippen LogP contribution in [0, 0.1) is 5.41 Å². The van der Waals surface area contributed by atoms with Crippen LogP contribution in [0.1, 0.15) is 32.3 Å². The molecule has 4 N–H and O–H groups in total. The van der Waals surface area contributed by atoms with Gasteiger partial charge in [-0.25, -0.2) is 5.43 Å². The van der Waals surface area contributed by atoms with Gasteiger partial charge in [0.15, 0.2) is 0 Å². The lowest BCUT2D eigenvalue weighted by Crippen LogP contribution is -2.41. The quantitative estimate of drug-likeness (QED) is 0.660. The molecule has 0 spiro atoms. The first-order chi connectivity index (χ1) is 7.50. The zero-order chi connectivity index (χ0) is 11.8. The van der Waals surface area contributed by atoms with E-state index in [1.54, 1.807) is 6.20 Å². The van der Waals surface area contributed by atoms with Crippen molar-refractivity contribution < 1.29 is 0 Å². The number of nitrogens with two attached hydrogens (primary N) is 1. The fourth-order valence-corrected chi connectivity index (χ4v) is 2.30. The van der Waals surface area contributed by atoms with Gasteiger partial charge in [0, 0.05) is 24.4 Å². The predicted octanol–water partition coefficient (Wildman–Crippen LogP) is 0.972. The van der Waals surface area contributed by atoms with Gasteiger partial charge in [0.1, 0.15) is 0 Å². The van der Waals surface area contributed by atoms with Crippen LogP contribution < -0.4 is 16.6 Å². The van der Waals surface area contributed by atoms with Crippen LogP contribution in [0.4, 0.5) is 0 Å². The highest BCUT2D eigenvalue weighted by molar-refractivity contribution is 5.22. The first-order valence-electron chi connectivity index (χ1n) is 5.67. The number of aromatic nitrogens is 1. The second kappa shape index (κ2) is 4.13. The third-order valence-electron chi connectivity index (χ3n) is 3.15. The second-order valence-corrected chi connectivity index (χ2v) is 5.47. The van der Waals surface area contributed by atoms with Gasteiger partial charge in [0.05, 0.1) is 6.17 Å². The van der Waals surface area contributed by atoms with Gasteiger partial charge in [-0.3, -0.25) is 10.4 Å². The van der Waals surface area contributed by atoms with Crippen molar-refractivity contribution in [3.8, 4) is 0 Å². The summed E-state index contributed by atoms with van der Waals surface area (Å²) in [6.45, 7) is 6.65. The van der Waals surface area contributed by atoms with Crippen molar-refractivity contribution in [2.75, 3.05) is 0 Å². The Morgan fingerprint density at radius 2 is 2.06 bits per heavy atom. The van der Waals surface area contributed by atoms with Crippen LogP contribution in [0.15, 0.2) is 24.5 Å². The molecule has 2 heterocycles. The molecule has 0 saturated carbocycles. The van der Waals surface area contributed by atoms with Gasteiger partial charge in [0.25, 0.3) is 0 Å². The molecule has 1 aromatic rings. The topological polar surface area (TPSA) is 63.0 Å². The number of nitrogens with zero attached hydrogens (tertiary/aromatic N) is 1. The third-order valence-corrected chi connectivity index (χ3v) is 3.15. The van der Waals surface area contributed by atoms with Crippen LogP contribution in [-0.4, -0.2) is 17.2 Å². The van der Waals surface area contributed by atoms with Crippen LogP contribution in [-0.2, 0) is 0 Å². The van der Waals surface area contributed by atoms with Crippen molar-refractivity contribution in [1.82, 2.24) is 15.8 Å². The van der Waals surface area contributed by atoms with E-state index in [4.69, 9.17) is 5.73 Å². The molecule has 1 aromatic heterocycles. The molecule has 0 aliphatic carbocycles. The maximum atomic E-state index is 6.10. The Balaban J connectivity index is 2.30. The normalized spacial score (nSPS) is 30.6. The average Bonchev–Trinajstić information content (AvgIpc) is 2.61. The molecule has 0 aromatic carbocycles. The Morgan fingerprint density at radius 1 is 1.31 bits per heavy atom. The summed E-state index contributed by atoms with van der Waals surface area (Å²) in [5.74, 6) is 0.258. The van der Waals surface area contributed by atoms with Crippen molar-refractivity contribution in [3.63, 3.8) is 0 Å². The average molecular weight is 220 g/mol. The zero-order valence-corrected chi connectivity index (χ0v) is 10.1. The standard InChI is InChI=1S/C12H20N4/c1-12(2,3)10-9(11(13)16-15-10)8-5-4-6-14-7-8/h4-7,9-11,15-16H,13H2,1-3H3. The Labute approximate surface area is 96.6 Å². The van der Waals surface area contributed by atoms with Crippen molar-refractivity contribution in [1.29, 1.82) is 0 Å². The number of hydrazine groups is 1. The molecule has 0 bridgehead atoms. The molecule has 4 nitrogen and oxygen atoms in total. The first kappa shape index (κ1) is 11.5. The second-order valence-electron chi connectivity index (χ2n) is 5.47. The monoisotopic (exact) mass is 220 g/mol. The highest BCUT2D eigenvalue weighted by Gasteiger charge is 2.41. The molecule has 4 heteroatoms. The Morgan fingerprint density at radius 3 is 2.62 bits per heavy atom. The van der Waals surface area contributed by atoms with Gasteiger partial charge in [-0.15, -0.1) is 0 Å². The summed E-state index contributed by atoms with van der Waals surface area (Å²) in [5.41, 5.74) is 13.9. The van der Waals surface area contributed by atoms with Gasteiger partial charge in [-0.2, -0.15) is 0 Å². The molecule has 1 fully saturated rings. The molecular weight excluding hydrogens is 200 g/mol. The van der Waals surface area contributed by atoms with Crippen LogP contribution in [0.5, 0.6) is 0 Å². The minimum atomic E-state index is -0.0616. The molecule has 3 atom stereocenters. The number of hydrogen-bond donors (Lipinski definition) is 3. The fourth-order valence-electron chi connectivity index (χ4n) is 2.30. The lowest BCUT2D eigenvalue weighted by atomic mass is 9.77. The summed E-state index contributed by atoms with van der Waals surface area (Å²) in [7, 11) is 0. The SMILES string of the molecule is CC(C)(C)C1NNC(N)C1c1cccnc1. The minimum absolute atomic E-state index is 0.0616. The zero-order valence-electron chi connectivity index (χ0n) is 10.1. The van der Waals surface area contributed by atoms with Gasteiger partial charge in [-0.1, -0.05) is 26.8 Å². The lowest BCUT2D eigenvalue weighted by Gasteiger charge is -2.32. The largest absolute Gasteiger partial charge is 0.314 e. The molecule has 1 aliphatic rings. The molecule has 2 rings (SSSR count). The highest BCUT2D eigenvalue weighted by atomic mass is 15.5. The summed E-state index contributed by atoms with van der Waals surface area (Å²) >= 11 is 0. The van der Waals surface area contributed by atoms with Gasteiger partial charge < -0.3 is 5.73 Å². The molecule has 1 saturated heterocycles. The molecule has 16 heavy (non-hydrogen) atoms. The number of hydrogen-bond acceptors (Lipinski definition) is 4. The predicted molar refractivity (Wildman–Crippen MR) is 64.5 cm³/mol. The molecule has 0 radical (unpaired) electrons. The van der Waals surface area contributed by atoms with Gasteiger partial charge in [-0.05, 0) is 17.0 Å². The van der Waals surface area contributed by atoms with E-state index in [1.807, 2.05) is 12.3 Å². The molecule has 3 unspecified atom stereocenters. The van der Waals surface area contributed by atoms with Crippen molar-refractivity contribution in [2.24, 2.45) is 11.1 Å². The van der Waals surface area contributed by atoms with E-state index in [9.17, 15) is 0 Å². The summed E-state index contributed by atoms with van der Waals surface area (Å²) in [5, 5.41) is 0. The van der Waals surface area contributed by atoms with E-state index in [0.29, 0.717) is 6.04 Å². The van der Waals surface area contributed by atoms with E-state index >= 15 is 0 Å². The summed E-state index contributed by atoms with van der Waals surface area (Å²) in [6, 6.07) is 4.36. The van der Waals surface area contributed by atoms with Gasteiger partial charge in [0.2, 0.25) is 0 Å². The smallest absolute Gasteiger partial charge is 0.0764 e. The maximum Gasteiger partial charge on any atom is 0.0764 e. The number of nitrogens with one attached hydrogen (secondary N) is 2. The van der Waals surface area contributed by atoms with Gasteiger partial charge >= 0.3 is 0 Å². The van der Waals surface area contributed by atoms with Crippen LogP contribution in [0.25, 0.3) is 0 Å². The van der Waals surface area contributed by atoms with Crippen molar-refractivity contribution in [3.05, 3.63) is 30.1 Å². The summed E-state index contributed by atoms with van der Waals surface area (Å²) in [4.78, 5) is 4.17. The number of rotatable bonds is 1. The van der Waals surface area contributed by atoms with Crippen LogP contribution >= 0.6 is 0 Å². The summed E-state index contributed by atoms with van der Waals surface area (Å²) < 4.78 is 0. The Hall–Kier alpha value is -0.970. The summed E-state index contributed by atoms with van der Waals surface area (Å²) in [6.07, 6.45) is 3.63. The lowest BCUT2D eigenvalue weighted by molar-refractivity contribution is 0.266. The van der Waals surface area contributed by atoms with E-state index in [2.05, 4.69) is 42.7 Å². The highest BCUT2D eigenvalue weighted by Crippen LogP contribution is 2.34. The number of pyridine rings is 1. The van der Waals surface area contributed by atoms with Crippen molar-refractivity contribution >= 4 is 0 Å². The Kier molecular flexibility index (Phi) is 2.97. The van der Waals surface area contributed by atoms with E-state index in [1.165, 1.54) is 5.56 Å². The van der Waals surface area contributed by atoms with Crippen LogP contribution in [0.2, 0.25) is 0 Å². The fraction of sp³-hybridized carbons (Fsp3) is 0.583. The molecular formula is C12H20N4. The molecule has 0 amide bonds. The maximum absolute atomic E-state index is 6.10. The molecule has 88 valence electrons. The van der Waals surface area contributed by atoms with E-state index in [0.717, 1.165) is 0 Å². The molecule has 1 aliphatic heterocycles. The third kappa shape index (κ3) is 2.09. The Bertz CT molecular complexity index is 344. The van der Waals surface area contributed by atoms with E-state index in [-0.39, 0.29) is 17.5 Å². The first-order valence-corrected chi connectivity index (χ1v) is 5.67.